The van der Waals surface area contributed by atoms with Crippen LogP contribution in [0.1, 0.15) is 19.6 Å². The molecule has 0 aliphatic heterocycles. The van der Waals surface area contributed by atoms with Gasteiger partial charge >= 0.3 is 7.82 Å². The smallest absolute Gasteiger partial charge is 0.475 e. The monoisotopic (exact) mass is 265 g/mol. The summed E-state index contributed by atoms with van der Waals surface area (Å²) in [6.07, 6.45) is 0. The maximum atomic E-state index is 11.9. The first-order valence-electron chi connectivity index (χ1n) is 5.16. The van der Waals surface area contributed by atoms with E-state index in [1.165, 1.54) is 13.2 Å². The minimum atomic E-state index is -3.51. The van der Waals surface area contributed by atoms with Gasteiger partial charge in [-0.2, -0.15) is 0 Å². The summed E-state index contributed by atoms with van der Waals surface area (Å²) in [7, 11) is -2.05. The molecule has 1 heterocycles. The Balaban J connectivity index is 2.54. The van der Waals surface area contributed by atoms with Gasteiger partial charge in [-0.3, -0.25) is 13.6 Å². The van der Waals surface area contributed by atoms with Gasteiger partial charge in [-0.05, 0) is 19.0 Å². The molecular formula is C9H16NO6P. The highest BCUT2D eigenvalue weighted by molar-refractivity contribution is 7.48. The van der Waals surface area contributed by atoms with Crippen molar-refractivity contribution in [2.75, 3.05) is 20.3 Å². The average Bonchev–Trinajstić information content (AvgIpc) is 2.75. The lowest BCUT2D eigenvalue weighted by Gasteiger charge is -2.15. The number of hydrogen-bond acceptors (Lipinski definition) is 7. The van der Waals surface area contributed by atoms with Crippen LogP contribution in [0.25, 0.3) is 0 Å². The maximum absolute atomic E-state index is 11.9. The van der Waals surface area contributed by atoms with Crippen LogP contribution in [0.15, 0.2) is 10.6 Å². The zero-order chi connectivity index (χ0) is 12.7. The molecule has 0 fully saturated rings. The second kappa shape index (κ2) is 6.76. The summed E-state index contributed by atoms with van der Waals surface area (Å²) >= 11 is 0. The third-order valence-corrected chi connectivity index (χ3v) is 3.28. The number of rotatable bonds is 8. The molecule has 0 N–H and O–H groups in total. The zero-order valence-corrected chi connectivity index (χ0v) is 10.9. The summed E-state index contributed by atoms with van der Waals surface area (Å²) in [6.45, 7) is 3.81. The van der Waals surface area contributed by atoms with Crippen LogP contribution in [-0.4, -0.2) is 25.5 Å². The lowest BCUT2D eigenvalue weighted by atomic mass is 10.5. The molecule has 0 amide bonds. The third-order valence-electron chi connectivity index (χ3n) is 1.69. The highest BCUT2D eigenvalue weighted by Crippen LogP contribution is 2.49. The topological polar surface area (TPSA) is 80.0 Å². The Bertz CT molecular complexity index is 369. The van der Waals surface area contributed by atoms with Crippen molar-refractivity contribution in [1.82, 2.24) is 5.16 Å². The van der Waals surface area contributed by atoms with E-state index in [1.54, 1.807) is 13.8 Å². The normalized spacial score (nSPS) is 11.7. The van der Waals surface area contributed by atoms with E-state index >= 15 is 0 Å². The summed E-state index contributed by atoms with van der Waals surface area (Å²) in [4.78, 5) is 0. The van der Waals surface area contributed by atoms with Gasteiger partial charge in [0, 0.05) is 6.07 Å². The van der Waals surface area contributed by atoms with Gasteiger partial charge < -0.3 is 9.26 Å². The first-order chi connectivity index (χ1) is 8.13. The molecule has 1 rings (SSSR count). The first-order valence-corrected chi connectivity index (χ1v) is 6.62. The van der Waals surface area contributed by atoms with Crippen LogP contribution in [-0.2, 0) is 24.7 Å². The molecule has 1 aromatic heterocycles. The summed E-state index contributed by atoms with van der Waals surface area (Å²) in [6, 6.07) is 1.53. The van der Waals surface area contributed by atoms with E-state index in [9.17, 15) is 4.57 Å². The van der Waals surface area contributed by atoms with Gasteiger partial charge in [0.05, 0.1) is 20.3 Å². The third kappa shape index (κ3) is 4.47. The van der Waals surface area contributed by atoms with E-state index in [-0.39, 0.29) is 19.8 Å². The van der Waals surface area contributed by atoms with E-state index in [2.05, 4.69) is 5.16 Å². The van der Waals surface area contributed by atoms with E-state index in [0.29, 0.717) is 11.6 Å². The molecule has 0 aliphatic rings. The molecule has 0 atom stereocenters. The molecule has 0 saturated carbocycles. The van der Waals surface area contributed by atoms with Gasteiger partial charge in [0.1, 0.15) is 6.61 Å². The molecule has 98 valence electrons. The zero-order valence-electron chi connectivity index (χ0n) is 10.0. The Labute approximate surface area is 99.6 Å². The first kappa shape index (κ1) is 14.2. The highest BCUT2D eigenvalue weighted by Gasteiger charge is 2.26. The number of methoxy groups -OCH3 is 1. The Morgan fingerprint density at radius 3 is 2.41 bits per heavy atom. The number of phosphoric ester groups is 1. The second-order valence-corrected chi connectivity index (χ2v) is 4.56. The minimum Gasteiger partial charge on any atom is -0.479 e. The number of phosphoric acid groups is 1. The largest absolute Gasteiger partial charge is 0.479 e. The maximum Gasteiger partial charge on any atom is 0.475 e. The van der Waals surface area contributed by atoms with E-state index in [4.69, 9.17) is 22.8 Å². The lowest BCUT2D eigenvalue weighted by Crippen LogP contribution is -2.00. The summed E-state index contributed by atoms with van der Waals surface area (Å²) in [5.41, 5.74) is 0. The van der Waals surface area contributed by atoms with Gasteiger partial charge in [0.2, 0.25) is 0 Å². The van der Waals surface area contributed by atoms with Gasteiger partial charge in [0.25, 0.3) is 5.88 Å². The number of aromatic nitrogens is 1. The van der Waals surface area contributed by atoms with Crippen molar-refractivity contribution in [3.63, 3.8) is 0 Å². The Hall–Kier alpha value is -0.880. The molecule has 17 heavy (non-hydrogen) atoms. The molecule has 8 heteroatoms. The van der Waals surface area contributed by atoms with Crippen molar-refractivity contribution < 1.29 is 27.4 Å². The fraction of sp³-hybridized carbons (Fsp3) is 0.667. The van der Waals surface area contributed by atoms with Crippen LogP contribution >= 0.6 is 7.82 Å². The molecule has 7 nitrogen and oxygen atoms in total. The predicted octanol–water partition coefficient (Wildman–Crippen LogP) is 2.38. The molecule has 0 aromatic carbocycles. The minimum absolute atomic E-state index is 0.0619. The van der Waals surface area contributed by atoms with E-state index in [1.807, 2.05) is 0 Å². The predicted molar refractivity (Wildman–Crippen MR) is 58.7 cm³/mol. The van der Waals surface area contributed by atoms with Crippen molar-refractivity contribution in [1.29, 1.82) is 0 Å². The Morgan fingerprint density at radius 1 is 1.29 bits per heavy atom. The molecule has 0 radical (unpaired) electrons. The standard InChI is InChI=1S/C9H16NO6P/c1-4-13-17(11,14-5-2)15-7-8-6-9(12-3)10-16-8/h6H,4-5,7H2,1-3H3. The average molecular weight is 265 g/mol. The summed E-state index contributed by atoms with van der Waals surface area (Å²) < 4.78 is 36.6. The van der Waals surface area contributed by atoms with Crippen molar-refractivity contribution in [3.8, 4) is 5.88 Å². The van der Waals surface area contributed by atoms with Crippen molar-refractivity contribution in [2.24, 2.45) is 0 Å². The van der Waals surface area contributed by atoms with Gasteiger partial charge in [-0.15, -0.1) is 0 Å². The van der Waals surface area contributed by atoms with Gasteiger partial charge in [-0.1, -0.05) is 0 Å². The molecule has 0 unspecified atom stereocenters. The number of nitrogens with zero attached hydrogens (tertiary/aromatic N) is 1. The number of hydrogen-bond donors (Lipinski definition) is 0. The molecule has 0 bridgehead atoms. The van der Waals surface area contributed by atoms with Crippen LogP contribution in [0.5, 0.6) is 5.88 Å². The fourth-order valence-corrected chi connectivity index (χ4v) is 2.17. The molecule has 0 aliphatic carbocycles. The van der Waals surface area contributed by atoms with Crippen molar-refractivity contribution >= 4 is 7.82 Å². The summed E-state index contributed by atoms with van der Waals surface area (Å²) in [5, 5.41) is 3.58. The molecule has 0 spiro atoms. The Kier molecular flexibility index (Phi) is 5.64. The van der Waals surface area contributed by atoms with Crippen molar-refractivity contribution in [2.45, 2.75) is 20.5 Å². The van der Waals surface area contributed by atoms with Gasteiger partial charge in [-0.25, -0.2) is 4.57 Å². The van der Waals surface area contributed by atoms with Crippen molar-refractivity contribution in [3.05, 3.63) is 11.8 Å². The van der Waals surface area contributed by atoms with Crippen LogP contribution < -0.4 is 4.74 Å². The van der Waals surface area contributed by atoms with Gasteiger partial charge in [0.15, 0.2) is 5.76 Å². The quantitative estimate of drug-likeness (QED) is 0.667. The van der Waals surface area contributed by atoms with E-state index in [0.717, 1.165) is 0 Å². The fourth-order valence-electron chi connectivity index (χ4n) is 1.03. The lowest BCUT2D eigenvalue weighted by molar-refractivity contribution is 0.107. The van der Waals surface area contributed by atoms with Crippen LogP contribution in [0.2, 0.25) is 0 Å². The van der Waals surface area contributed by atoms with Crippen LogP contribution in [0.4, 0.5) is 0 Å². The highest BCUT2D eigenvalue weighted by atomic mass is 31.2. The molecule has 1 aromatic rings. The SMILES string of the molecule is CCOP(=O)(OCC)OCc1cc(OC)no1. The summed E-state index contributed by atoms with van der Waals surface area (Å²) in [5.74, 6) is 0.702. The second-order valence-electron chi connectivity index (χ2n) is 2.89. The van der Waals surface area contributed by atoms with Crippen LogP contribution in [0, 0.1) is 0 Å². The molecule has 0 saturated heterocycles. The molecular weight excluding hydrogens is 249 g/mol. The number of ether oxygens (including phenoxy) is 1. The van der Waals surface area contributed by atoms with E-state index < -0.39 is 7.82 Å². The Morgan fingerprint density at radius 2 is 1.94 bits per heavy atom. The van der Waals surface area contributed by atoms with Crippen LogP contribution in [0.3, 0.4) is 0 Å².